The fraction of sp³-hybridized carbons (Fsp3) is 0.250. The minimum Gasteiger partial charge on any atom is -0.507 e. The number of esters is 1. The fourth-order valence-electron chi connectivity index (χ4n) is 3.17. The first-order valence-corrected chi connectivity index (χ1v) is 8.31. The maximum absolute atomic E-state index is 12.5. The Hall–Kier alpha value is -2.26. The third-order valence-corrected chi connectivity index (χ3v) is 4.53. The number of carbonyl (C=O) groups excluding carboxylic acids is 1. The molecule has 0 bridgehead atoms. The third kappa shape index (κ3) is 3.04. The van der Waals surface area contributed by atoms with Gasteiger partial charge in [-0.15, -0.1) is 0 Å². The van der Waals surface area contributed by atoms with Crippen molar-refractivity contribution in [3.05, 3.63) is 82.1 Å². The Labute approximate surface area is 146 Å². The van der Waals surface area contributed by atoms with E-state index in [9.17, 15) is 9.90 Å². The molecule has 1 heterocycles. The van der Waals surface area contributed by atoms with Crippen LogP contribution in [0, 0.1) is 5.92 Å². The second kappa shape index (κ2) is 6.70. The van der Waals surface area contributed by atoms with Crippen LogP contribution in [0.3, 0.4) is 0 Å². The highest BCUT2D eigenvalue weighted by molar-refractivity contribution is 6.30. The summed E-state index contributed by atoms with van der Waals surface area (Å²) in [6.07, 6.45) is -0.734. The van der Waals surface area contributed by atoms with Crippen molar-refractivity contribution in [1.29, 1.82) is 0 Å². The van der Waals surface area contributed by atoms with Crippen LogP contribution in [0.5, 0.6) is 0 Å². The van der Waals surface area contributed by atoms with Crippen molar-refractivity contribution < 1.29 is 14.6 Å². The SMILES string of the molecule is CC(C)C(C1=C(O)C(c2ccccc2)OC1=O)c1ccc(Cl)cc1. The second-order valence-corrected chi connectivity index (χ2v) is 6.70. The van der Waals surface area contributed by atoms with E-state index < -0.39 is 12.1 Å². The van der Waals surface area contributed by atoms with Crippen LogP contribution in [-0.2, 0) is 9.53 Å². The van der Waals surface area contributed by atoms with Gasteiger partial charge in [-0.05, 0) is 23.6 Å². The van der Waals surface area contributed by atoms with Gasteiger partial charge in [-0.1, -0.05) is 67.9 Å². The monoisotopic (exact) mass is 342 g/mol. The van der Waals surface area contributed by atoms with Gasteiger partial charge in [0.25, 0.3) is 0 Å². The number of hydrogen-bond acceptors (Lipinski definition) is 3. The summed E-state index contributed by atoms with van der Waals surface area (Å²) in [6.45, 7) is 4.03. The van der Waals surface area contributed by atoms with Crippen LogP contribution >= 0.6 is 11.6 Å². The lowest BCUT2D eigenvalue weighted by atomic mass is 9.81. The average Bonchev–Trinajstić information content (AvgIpc) is 2.86. The number of cyclic esters (lactones) is 1. The fourth-order valence-corrected chi connectivity index (χ4v) is 3.29. The molecule has 0 aromatic heterocycles. The molecule has 124 valence electrons. The zero-order valence-corrected chi connectivity index (χ0v) is 14.3. The number of ether oxygens (including phenoxy) is 1. The molecule has 1 aliphatic heterocycles. The topological polar surface area (TPSA) is 46.5 Å². The molecule has 0 saturated carbocycles. The summed E-state index contributed by atoms with van der Waals surface area (Å²) in [6, 6.07) is 16.6. The van der Waals surface area contributed by atoms with E-state index in [0.29, 0.717) is 10.6 Å². The number of aliphatic hydroxyl groups is 1. The van der Waals surface area contributed by atoms with Crippen LogP contribution in [0.25, 0.3) is 0 Å². The number of aliphatic hydroxyl groups excluding tert-OH is 1. The van der Waals surface area contributed by atoms with Crippen LogP contribution in [0.2, 0.25) is 5.02 Å². The van der Waals surface area contributed by atoms with Crippen molar-refractivity contribution in [3.63, 3.8) is 0 Å². The van der Waals surface area contributed by atoms with E-state index in [1.807, 2.05) is 56.3 Å². The van der Waals surface area contributed by atoms with Crippen LogP contribution in [-0.4, -0.2) is 11.1 Å². The number of rotatable bonds is 4. The highest BCUT2D eigenvalue weighted by atomic mass is 35.5. The van der Waals surface area contributed by atoms with E-state index in [2.05, 4.69) is 0 Å². The lowest BCUT2D eigenvalue weighted by Gasteiger charge is -2.21. The molecule has 2 aromatic carbocycles. The Morgan fingerprint density at radius 3 is 2.25 bits per heavy atom. The summed E-state index contributed by atoms with van der Waals surface area (Å²) in [5.74, 6) is -0.594. The Bertz CT molecular complexity index is 763. The molecular formula is C20H19ClO3. The summed E-state index contributed by atoms with van der Waals surface area (Å²) in [5, 5.41) is 11.4. The van der Waals surface area contributed by atoms with Gasteiger partial charge in [0.2, 0.25) is 0 Å². The second-order valence-electron chi connectivity index (χ2n) is 6.27. The lowest BCUT2D eigenvalue weighted by molar-refractivity contribution is -0.140. The number of carbonyl (C=O) groups is 1. The van der Waals surface area contributed by atoms with Crippen molar-refractivity contribution >= 4 is 17.6 Å². The van der Waals surface area contributed by atoms with Gasteiger partial charge < -0.3 is 9.84 Å². The third-order valence-electron chi connectivity index (χ3n) is 4.28. The van der Waals surface area contributed by atoms with Gasteiger partial charge in [0.1, 0.15) is 5.76 Å². The number of halogens is 1. The Balaban J connectivity index is 2.04. The molecule has 3 rings (SSSR count). The highest BCUT2D eigenvalue weighted by Gasteiger charge is 2.40. The smallest absolute Gasteiger partial charge is 0.339 e. The standard InChI is InChI=1S/C20H19ClO3/c1-12(2)16(13-8-10-15(21)11-9-13)17-18(22)19(24-20(17)23)14-6-4-3-5-7-14/h3-12,16,19,22H,1-2H3. The molecule has 0 saturated heterocycles. The van der Waals surface area contributed by atoms with Crippen LogP contribution in [0.4, 0.5) is 0 Å². The molecule has 0 amide bonds. The number of benzene rings is 2. The Morgan fingerprint density at radius 1 is 1.04 bits per heavy atom. The van der Waals surface area contributed by atoms with Crippen molar-refractivity contribution in [3.8, 4) is 0 Å². The molecule has 24 heavy (non-hydrogen) atoms. The van der Waals surface area contributed by atoms with Crippen molar-refractivity contribution in [2.75, 3.05) is 0 Å². The minimum atomic E-state index is -0.734. The van der Waals surface area contributed by atoms with Gasteiger partial charge in [-0.3, -0.25) is 0 Å². The summed E-state index contributed by atoms with van der Waals surface area (Å²) in [4.78, 5) is 12.5. The Morgan fingerprint density at radius 2 is 1.67 bits per heavy atom. The largest absolute Gasteiger partial charge is 0.507 e. The molecule has 0 spiro atoms. The molecular weight excluding hydrogens is 324 g/mol. The zero-order valence-electron chi connectivity index (χ0n) is 13.6. The highest BCUT2D eigenvalue weighted by Crippen LogP contribution is 2.43. The average molecular weight is 343 g/mol. The molecule has 4 heteroatoms. The van der Waals surface area contributed by atoms with Gasteiger partial charge in [-0.2, -0.15) is 0 Å². The number of hydrogen-bond donors (Lipinski definition) is 1. The van der Waals surface area contributed by atoms with Crippen LogP contribution < -0.4 is 0 Å². The lowest BCUT2D eigenvalue weighted by Crippen LogP contribution is -2.15. The summed E-state index contributed by atoms with van der Waals surface area (Å²) in [7, 11) is 0. The van der Waals surface area contributed by atoms with Gasteiger partial charge in [0, 0.05) is 16.5 Å². The van der Waals surface area contributed by atoms with E-state index in [4.69, 9.17) is 16.3 Å². The van der Waals surface area contributed by atoms with Gasteiger partial charge in [-0.25, -0.2) is 4.79 Å². The first-order chi connectivity index (χ1) is 11.5. The zero-order chi connectivity index (χ0) is 17.3. The van der Waals surface area contributed by atoms with Crippen molar-refractivity contribution in [2.45, 2.75) is 25.9 Å². The van der Waals surface area contributed by atoms with Crippen LogP contribution in [0.1, 0.15) is 37.0 Å². The Kier molecular flexibility index (Phi) is 4.63. The molecule has 0 aliphatic carbocycles. The molecule has 0 radical (unpaired) electrons. The van der Waals surface area contributed by atoms with Crippen LogP contribution in [0.15, 0.2) is 65.9 Å². The normalized spacial score (nSPS) is 18.8. The van der Waals surface area contributed by atoms with Gasteiger partial charge in [0.05, 0.1) is 5.57 Å². The predicted octanol–water partition coefficient (Wildman–Crippen LogP) is 5.19. The van der Waals surface area contributed by atoms with E-state index in [-0.39, 0.29) is 17.6 Å². The summed E-state index contributed by atoms with van der Waals surface area (Å²) < 4.78 is 5.46. The molecule has 1 aliphatic rings. The maximum Gasteiger partial charge on any atom is 0.339 e. The quantitative estimate of drug-likeness (QED) is 0.778. The molecule has 0 fully saturated rings. The van der Waals surface area contributed by atoms with E-state index in [1.165, 1.54) is 0 Å². The van der Waals surface area contributed by atoms with E-state index in [0.717, 1.165) is 11.1 Å². The molecule has 1 N–H and O–H groups in total. The minimum absolute atomic E-state index is 0.000139. The molecule has 2 atom stereocenters. The predicted molar refractivity (Wildman–Crippen MR) is 94.0 cm³/mol. The van der Waals surface area contributed by atoms with Gasteiger partial charge in [0.15, 0.2) is 6.10 Å². The summed E-state index contributed by atoms with van der Waals surface area (Å²) in [5.41, 5.74) is 2.03. The van der Waals surface area contributed by atoms with Gasteiger partial charge >= 0.3 is 5.97 Å². The first-order valence-electron chi connectivity index (χ1n) is 7.93. The molecule has 2 aromatic rings. The van der Waals surface area contributed by atoms with Crippen molar-refractivity contribution in [1.82, 2.24) is 0 Å². The van der Waals surface area contributed by atoms with E-state index in [1.54, 1.807) is 12.1 Å². The molecule has 3 nitrogen and oxygen atoms in total. The maximum atomic E-state index is 12.5. The van der Waals surface area contributed by atoms with E-state index >= 15 is 0 Å². The summed E-state index contributed by atoms with van der Waals surface area (Å²) >= 11 is 5.96. The first kappa shape index (κ1) is 16.6. The molecule has 2 unspecified atom stereocenters. The van der Waals surface area contributed by atoms with Crippen molar-refractivity contribution in [2.24, 2.45) is 5.92 Å².